The minimum Gasteiger partial charge on any atom is -0.459 e. The zero-order valence-corrected chi connectivity index (χ0v) is 11.9. The third-order valence-corrected chi connectivity index (χ3v) is 3.18. The van der Waals surface area contributed by atoms with Gasteiger partial charge in [-0.1, -0.05) is 30.3 Å². The third-order valence-electron chi connectivity index (χ3n) is 3.18. The molecule has 1 N–H and O–H groups in total. The van der Waals surface area contributed by atoms with Gasteiger partial charge in [0.1, 0.15) is 0 Å². The van der Waals surface area contributed by atoms with Crippen molar-refractivity contribution >= 4 is 5.91 Å². The van der Waals surface area contributed by atoms with E-state index in [-0.39, 0.29) is 5.91 Å². The first-order chi connectivity index (χ1) is 10.8. The molecule has 2 aromatic heterocycles. The highest BCUT2D eigenvalue weighted by atomic mass is 16.3. The van der Waals surface area contributed by atoms with Gasteiger partial charge in [0.05, 0.1) is 6.26 Å². The molecule has 0 aliphatic rings. The first kappa shape index (κ1) is 14.0. The van der Waals surface area contributed by atoms with Gasteiger partial charge in [0.15, 0.2) is 11.6 Å². The summed E-state index contributed by atoms with van der Waals surface area (Å²) in [6.45, 7) is 0.508. The highest BCUT2D eigenvalue weighted by molar-refractivity contribution is 5.91. The van der Waals surface area contributed by atoms with E-state index in [1.807, 2.05) is 30.3 Å². The quantitative estimate of drug-likeness (QED) is 0.785. The molecule has 0 bridgehead atoms. The number of furan rings is 1. The lowest BCUT2D eigenvalue weighted by Crippen LogP contribution is -2.25. The number of benzene rings is 1. The molecule has 5 heteroatoms. The van der Waals surface area contributed by atoms with Crippen LogP contribution in [0, 0.1) is 0 Å². The summed E-state index contributed by atoms with van der Waals surface area (Å²) in [4.78, 5) is 20.4. The Balaban J connectivity index is 1.54. The number of amides is 1. The minimum absolute atomic E-state index is 0.216. The monoisotopic (exact) mass is 293 g/mol. The van der Waals surface area contributed by atoms with E-state index in [0.717, 1.165) is 11.1 Å². The third kappa shape index (κ3) is 3.38. The van der Waals surface area contributed by atoms with Crippen molar-refractivity contribution in [3.05, 3.63) is 72.4 Å². The summed E-state index contributed by atoms with van der Waals surface area (Å²) in [6.07, 6.45) is 5.72. The minimum atomic E-state index is -0.216. The average Bonchev–Trinajstić information content (AvgIpc) is 3.11. The van der Waals surface area contributed by atoms with Gasteiger partial charge in [0, 0.05) is 24.5 Å². The van der Waals surface area contributed by atoms with Crippen LogP contribution in [0.5, 0.6) is 0 Å². The van der Waals surface area contributed by atoms with Crippen LogP contribution in [0.1, 0.15) is 16.1 Å². The summed E-state index contributed by atoms with van der Waals surface area (Å²) in [5, 5.41) is 2.79. The predicted octanol–water partition coefficient (Wildman–Crippen LogP) is 2.71. The molecule has 0 unspecified atom stereocenters. The van der Waals surface area contributed by atoms with Crippen molar-refractivity contribution in [2.24, 2.45) is 0 Å². The first-order valence-electron chi connectivity index (χ1n) is 7.01. The van der Waals surface area contributed by atoms with Crippen LogP contribution < -0.4 is 5.32 Å². The molecule has 0 radical (unpaired) electrons. The fraction of sp³-hybridized carbons (Fsp3) is 0.118. The highest BCUT2D eigenvalue weighted by Gasteiger charge is 2.07. The second-order valence-electron chi connectivity index (χ2n) is 4.76. The molecule has 0 aliphatic carbocycles. The van der Waals surface area contributed by atoms with Crippen LogP contribution in [0.4, 0.5) is 0 Å². The van der Waals surface area contributed by atoms with E-state index in [9.17, 15) is 4.79 Å². The number of hydrogen-bond acceptors (Lipinski definition) is 4. The molecule has 5 nitrogen and oxygen atoms in total. The van der Waals surface area contributed by atoms with Crippen molar-refractivity contribution < 1.29 is 9.21 Å². The van der Waals surface area contributed by atoms with Crippen LogP contribution in [0.15, 0.2) is 65.5 Å². The van der Waals surface area contributed by atoms with Gasteiger partial charge in [-0.15, -0.1) is 0 Å². The SMILES string of the molecule is O=C(NCCc1cnc(-c2ccccc2)nc1)c1ccco1. The summed E-state index contributed by atoms with van der Waals surface area (Å²) in [6, 6.07) is 13.1. The molecule has 1 amide bonds. The Kier molecular flexibility index (Phi) is 4.25. The van der Waals surface area contributed by atoms with Crippen LogP contribution in [-0.2, 0) is 6.42 Å². The zero-order valence-electron chi connectivity index (χ0n) is 11.9. The average molecular weight is 293 g/mol. The van der Waals surface area contributed by atoms with Gasteiger partial charge in [-0.25, -0.2) is 9.97 Å². The summed E-state index contributed by atoms with van der Waals surface area (Å²) in [7, 11) is 0. The maximum Gasteiger partial charge on any atom is 0.286 e. The molecule has 0 fully saturated rings. The number of carbonyl (C=O) groups is 1. The second kappa shape index (κ2) is 6.67. The van der Waals surface area contributed by atoms with Crippen molar-refractivity contribution in [2.45, 2.75) is 6.42 Å². The maximum atomic E-state index is 11.7. The van der Waals surface area contributed by atoms with Gasteiger partial charge >= 0.3 is 0 Å². The van der Waals surface area contributed by atoms with E-state index in [2.05, 4.69) is 15.3 Å². The van der Waals surface area contributed by atoms with E-state index >= 15 is 0 Å². The molecule has 110 valence electrons. The van der Waals surface area contributed by atoms with Gasteiger partial charge in [0.2, 0.25) is 0 Å². The second-order valence-corrected chi connectivity index (χ2v) is 4.76. The van der Waals surface area contributed by atoms with Gasteiger partial charge in [0.25, 0.3) is 5.91 Å². The predicted molar refractivity (Wildman–Crippen MR) is 82.2 cm³/mol. The summed E-state index contributed by atoms with van der Waals surface area (Å²) in [5.41, 5.74) is 1.96. The molecule has 1 aromatic carbocycles. The van der Waals surface area contributed by atoms with Gasteiger partial charge in [-0.3, -0.25) is 4.79 Å². The molecule has 3 rings (SSSR count). The van der Waals surface area contributed by atoms with Gasteiger partial charge in [-0.05, 0) is 24.1 Å². The Labute approximate surface area is 128 Å². The number of nitrogens with one attached hydrogen (secondary N) is 1. The molecule has 0 aliphatic heterocycles. The lowest BCUT2D eigenvalue weighted by molar-refractivity contribution is 0.0926. The van der Waals surface area contributed by atoms with Crippen molar-refractivity contribution in [1.82, 2.24) is 15.3 Å². The largest absolute Gasteiger partial charge is 0.459 e. The standard InChI is InChI=1S/C17H15N3O2/c21-17(15-7-4-10-22-15)18-9-8-13-11-19-16(20-12-13)14-5-2-1-3-6-14/h1-7,10-12H,8-9H2,(H,18,21). The van der Waals surface area contributed by atoms with Gasteiger partial charge in [-0.2, -0.15) is 0 Å². The topological polar surface area (TPSA) is 68.0 Å². The molecule has 0 atom stereocenters. The lowest BCUT2D eigenvalue weighted by Gasteiger charge is -2.04. The summed E-state index contributed by atoms with van der Waals surface area (Å²) >= 11 is 0. The molecular formula is C17H15N3O2. The number of carbonyl (C=O) groups excluding carboxylic acids is 1. The van der Waals surface area contributed by atoms with E-state index in [0.29, 0.717) is 24.6 Å². The smallest absolute Gasteiger partial charge is 0.286 e. The molecule has 0 saturated carbocycles. The van der Waals surface area contributed by atoms with Crippen LogP contribution in [0.2, 0.25) is 0 Å². The van der Waals surface area contributed by atoms with Crippen LogP contribution in [0.25, 0.3) is 11.4 Å². The number of rotatable bonds is 5. The van der Waals surface area contributed by atoms with Crippen LogP contribution in [-0.4, -0.2) is 22.4 Å². The normalized spacial score (nSPS) is 10.4. The number of nitrogens with zero attached hydrogens (tertiary/aromatic N) is 2. The Morgan fingerprint density at radius 1 is 1.05 bits per heavy atom. The van der Waals surface area contributed by atoms with E-state index in [1.54, 1.807) is 24.5 Å². The molecular weight excluding hydrogens is 278 g/mol. The van der Waals surface area contributed by atoms with Crippen molar-refractivity contribution in [1.29, 1.82) is 0 Å². The van der Waals surface area contributed by atoms with Crippen molar-refractivity contribution in [3.8, 4) is 11.4 Å². The molecule has 0 spiro atoms. The zero-order chi connectivity index (χ0) is 15.2. The Morgan fingerprint density at radius 2 is 1.82 bits per heavy atom. The van der Waals surface area contributed by atoms with E-state index < -0.39 is 0 Å². The Bertz CT molecular complexity index is 722. The maximum absolute atomic E-state index is 11.7. The van der Waals surface area contributed by atoms with Crippen molar-refractivity contribution in [3.63, 3.8) is 0 Å². The molecule has 0 saturated heterocycles. The van der Waals surface area contributed by atoms with E-state index in [4.69, 9.17) is 4.42 Å². The number of hydrogen-bond donors (Lipinski definition) is 1. The summed E-state index contributed by atoms with van der Waals surface area (Å²) < 4.78 is 5.03. The van der Waals surface area contributed by atoms with Crippen LogP contribution in [0.3, 0.4) is 0 Å². The Morgan fingerprint density at radius 3 is 2.50 bits per heavy atom. The molecule has 2 heterocycles. The molecule has 3 aromatic rings. The lowest BCUT2D eigenvalue weighted by atomic mass is 10.2. The summed E-state index contributed by atoms with van der Waals surface area (Å²) in [5.74, 6) is 0.798. The fourth-order valence-corrected chi connectivity index (χ4v) is 2.04. The van der Waals surface area contributed by atoms with Crippen LogP contribution >= 0.6 is 0 Å². The molecule has 22 heavy (non-hydrogen) atoms. The first-order valence-corrected chi connectivity index (χ1v) is 7.01. The van der Waals surface area contributed by atoms with Gasteiger partial charge < -0.3 is 9.73 Å². The van der Waals surface area contributed by atoms with E-state index in [1.165, 1.54) is 6.26 Å². The highest BCUT2D eigenvalue weighted by Crippen LogP contribution is 2.13. The Hall–Kier alpha value is -2.95. The fourth-order valence-electron chi connectivity index (χ4n) is 2.04. The number of aromatic nitrogens is 2. The van der Waals surface area contributed by atoms with Crippen molar-refractivity contribution in [2.75, 3.05) is 6.54 Å².